The number of carbonyl (C=O) groups is 2. The quantitative estimate of drug-likeness (QED) is 0.689. The second kappa shape index (κ2) is 9.94. The zero-order chi connectivity index (χ0) is 20.7. The van der Waals surface area contributed by atoms with Crippen LogP contribution in [0.2, 0.25) is 5.15 Å². The average molecular weight is 405 g/mol. The number of aryl methyl sites for hydroxylation is 2. The molecule has 0 aliphatic carbocycles. The van der Waals surface area contributed by atoms with Gasteiger partial charge in [-0.2, -0.15) is 5.10 Å². The SMILES string of the molecule is CCCCn1nc(C)c(/C=C/C(=O)Nc2ccc(N(C)C(=O)OC)cc2)c1Cl. The minimum Gasteiger partial charge on any atom is -0.452 e. The molecule has 2 rings (SSSR count). The third-order valence-corrected chi connectivity index (χ3v) is 4.60. The summed E-state index contributed by atoms with van der Waals surface area (Å²) >= 11 is 6.37. The fraction of sp³-hybridized carbons (Fsp3) is 0.350. The molecule has 1 N–H and O–H groups in total. The number of hydrogen-bond donors (Lipinski definition) is 1. The van der Waals surface area contributed by atoms with Gasteiger partial charge in [-0.3, -0.25) is 14.4 Å². The number of benzene rings is 1. The molecule has 0 saturated carbocycles. The summed E-state index contributed by atoms with van der Waals surface area (Å²) in [5, 5.41) is 7.72. The Hall–Kier alpha value is -2.80. The third kappa shape index (κ3) is 5.36. The standard InChI is InChI=1S/C20H25ClN4O3/c1-5-6-13-25-19(21)17(14(2)23-25)11-12-18(26)22-15-7-9-16(10-8-15)24(3)20(27)28-4/h7-12H,5-6,13H2,1-4H3,(H,22,26)/b12-11+. The molecule has 2 aromatic rings. The first-order valence-corrected chi connectivity index (χ1v) is 9.38. The third-order valence-electron chi connectivity index (χ3n) is 4.20. The molecule has 0 aliphatic rings. The van der Waals surface area contributed by atoms with Gasteiger partial charge in [0.1, 0.15) is 5.15 Å². The zero-order valence-corrected chi connectivity index (χ0v) is 17.3. The number of carbonyl (C=O) groups excluding carboxylic acids is 2. The fourth-order valence-electron chi connectivity index (χ4n) is 2.57. The minimum absolute atomic E-state index is 0.286. The van der Waals surface area contributed by atoms with E-state index in [2.05, 4.69) is 22.1 Å². The first-order chi connectivity index (χ1) is 13.4. The van der Waals surface area contributed by atoms with Gasteiger partial charge in [0.15, 0.2) is 0 Å². The summed E-state index contributed by atoms with van der Waals surface area (Å²) in [6.07, 6.45) is 4.67. The lowest BCUT2D eigenvalue weighted by Crippen LogP contribution is -2.25. The minimum atomic E-state index is -0.466. The molecular formula is C20H25ClN4O3. The number of hydrogen-bond acceptors (Lipinski definition) is 4. The highest BCUT2D eigenvalue weighted by Gasteiger charge is 2.12. The molecular weight excluding hydrogens is 380 g/mol. The van der Waals surface area contributed by atoms with Crippen LogP contribution in [0.3, 0.4) is 0 Å². The molecule has 0 spiro atoms. The molecule has 0 aliphatic heterocycles. The Labute approximate surface area is 169 Å². The van der Waals surface area contributed by atoms with Crippen molar-refractivity contribution in [1.82, 2.24) is 9.78 Å². The zero-order valence-electron chi connectivity index (χ0n) is 16.5. The Kier molecular flexibility index (Phi) is 7.63. The Morgan fingerprint density at radius 3 is 2.61 bits per heavy atom. The number of aromatic nitrogens is 2. The highest BCUT2D eigenvalue weighted by molar-refractivity contribution is 6.31. The molecule has 1 aromatic heterocycles. The molecule has 0 unspecified atom stereocenters. The summed E-state index contributed by atoms with van der Waals surface area (Å²) in [6.45, 7) is 4.72. The van der Waals surface area contributed by atoms with Crippen LogP contribution in [-0.4, -0.2) is 35.9 Å². The lowest BCUT2D eigenvalue weighted by atomic mass is 10.2. The van der Waals surface area contributed by atoms with E-state index in [1.165, 1.54) is 18.1 Å². The molecule has 1 aromatic carbocycles. The van der Waals surface area contributed by atoms with Gasteiger partial charge < -0.3 is 10.1 Å². The van der Waals surface area contributed by atoms with Crippen molar-refractivity contribution in [2.75, 3.05) is 24.4 Å². The molecule has 2 amide bonds. The number of rotatable bonds is 7. The molecule has 8 heteroatoms. The molecule has 7 nitrogen and oxygen atoms in total. The van der Waals surface area contributed by atoms with Crippen molar-refractivity contribution in [2.24, 2.45) is 0 Å². The maximum Gasteiger partial charge on any atom is 0.413 e. The van der Waals surface area contributed by atoms with Crippen LogP contribution >= 0.6 is 11.6 Å². The van der Waals surface area contributed by atoms with E-state index in [0.29, 0.717) is 16.5 Å². The first-order valence-electron chi connectivity index (χ1n) is 9.01. The Morgan fingerprint density at radius 2 is 2.00 bits per heavy atom. The van der Waals surface area contributed by atoms with Gasteiger partial charge >= 0.3 is 6.09 Å². The Bertz CT molecular complexity index is 859. The number of halogens is 1. The van der Waals surface area contributed by atoms with Crippen molar-refractivity contribution in [3.8, 4) is 0 Å². The second-order valence-corrected chi connectivity index (χ2v) is 6.62. The van der Waals surface area contributed by atoms with E-state index < -0.39 is 6.09 Å². The summed E-state index contributed by atoms with van der Waals surface area (Å²) in [5.74, 6) is -0.286. The van der Waals surface area contributed by atoms with Crippen molar-refractivity contribution in [1.29, 1.82) is 0 Å². The smallest absolute Gasteiger partial charge is 0.413 e. The van der Waals surface area contributed by atoms with Gasteiger partial charge in [-0.1, -0.05) is 24.9 Å². The highest BCUT2D eigenvalue weighted by atomic mass is 35.5. The molecule has 0 saturated heterocycles. The van der Waals surface area contributed by atoms with Crippen LogP contribution < -0.4 is 10.2 Å². The lowest BCUT2D eigenvalue weighted by Gasteiger charge is -2.15. The van der Waals surface area contributed by atoms with Gasteiger partial charge in [0, 0.05) is 36.6 Å². The summed E-state index contributed by atoms with van der Waals surface area (Å²) < 4.78 is 6.43. The fourth-order valence-corrected chi connectivity index (χ4v) is 2.89. The predicted octanol–water partition coefficient (Wildman–Crippen LogP) is 4.50. The highest BCUT2D eigenvalue weighted by Crippen LogP contribution is 2.22. The maximum atomic E-state index is 12.2. The largest absolute Gasteiger partial charge is 0.452 e. The van der Waals surface area contributed by atoms with Crippen molar-refractivity contribution in [2.45, 2.75) is 33.2 Å². The average Bonchev–Trinajstić information content (AvgIpc) is 2.97. The van der Waals surface area contributed by atoms with E-state index in [1.807, 2.05) is 6.92 Å². The molecule has 1 heterocycles. The van der Waals surface area contributed by atoms with Crippen LogP contribution in [0.15, 0.2) is 30.3 Å². The number of nitrogens with zero attached hydrogens (tertiary/aromatic N) is 3. The van der Waals surface area contributed by atoms with Crippen molar-refractivity contribution >= 4 is 41.1 Å². The van der Waals surface area contributed by atoms with E-state index in [1.54, 1.807) is 42.1 Å². The molecule has 28 heavy (non-hydrogen) atoms. The van der Waals surface area contributed by atoms with E-state index in [9.17, 15) is 9.59 Å². The first kappa shape index (κ1) is 21.5. The van der Waals surface area contributed by atoms with Crippen molar-refractivity contribution in [3.05, 3.63) is 46.8 Å². The molecule has 0 bridgehead atoms. The number of methoxy groups -OCH3 is 1. The van der Waals surface area contributed by atoms with Gasteiger partial charge in [0.05, 0.1) is 12.8 Å². The van der Waals surface area contributed by atoms with E-state index in [0.717, 1.165) is 30.6 Å². The second-order valence-electron chi connectivity index (χ2n) is 6.27. The van der Waals surface area contributed by atoms with Crippen LogP contribution in [0.4, 0.5) is 16.2 Å². The molecule has 0 radical (unpaired) electrons. The van der Waals surface area contributed by atoms with Crippen LogP contribution in [-0.2, 0) is 16.1 Å². The van der Waals surface area contributed by atoms with Gasteiger partial charge in [-0.25, -0.2) is 4.79 Å². The summed E-state index contributed by atoms with van der Waals surface area (Å²) in [7, 11) is 2.93. The van der Waals surface area contributed by atoms with E-state index in [-0.39, 0.29) is 5.91 Å². The Balaban J connectivity index is 2.02. The summed E-state index contributed by atoms with van der Waals surface area (Å²) in [5.41, 5.74) is 2.78. The van der Waals surface area contributed by atoms with Gasteiger partial charge in [-0.15, -0.1) is 0 Å². The van der Waals surface area contributed by atoms with Crippen LogP contribution in [0.25, 0.3) is 6.08 Å². The molecule has 150 valence electrons. The number of amides is 2. The lowest BCUT2D eigenvalue weighted by molar-refractivity contribution is -0.111. The summed E-state index contributed by atoms with van der Waals surface area (Å²) in [6, 6.07) is 6.85. The normalized spacial score (nSPS) is 10.9. The topological polar surface area (TPSA) is 76.5 Å². The van der Waals surface area contributed by atoms with Crippen LogP contribution in [0, 0.1) is 6.92 Å². The van der Waals surface area contributed by atoms with E-state index >= 15 is 0 Å². The monoisotopic (exact) mass is 404 g/mol. The molecule has 0 fully saturated rings. The van der Waals surface area contributed by atoms with Crippen molar-refractivity contribution < 1.29 is 14.3 Å². The maximum absolute atomic E-state index is 12.2. The summed E-state index contributed by atoms with van der Waals surface area (Å²) in [4.78, 5) is 25.1. The predicted molar refractivity (Wildman–Crippen MR) is 112 cm³/mol. The number of unbranched alkanes of at least 4 members (excludes halogenated alkanes) is 1. The van der Waals surface area contributed by atoms with Gasteiger partial charge in [-0.05, 0) is 43.7 Å². The van der Waals surface area contributed by atoms with Gasteiger partial charge in [0.25, 0.3) is 0 Å². The van der Waals surface area contributed by atoms with E-state index in [4.69, 9.17) is 11.6 Å². The Morgan fingerprint density at radius 1 is 1.32 bits per heavy atom. The number of ether oxygens (including phenoxy) is 1. The van der Waals surface area contributed by atoms with Crippen LogP contribution in [0.1, 0.15) is 31.0 Å². The van der Waals surface area contributed by atoms with Crippen LogP contribution in [0.5, 0.6) is 0 Å². The van der Waals surface area contributed by atoms with Crippen molar-refractivity contribution in [3.63, 3.8) is 0 Å². The number of anilines is 2. The molecule has 0 atom stereocenters. The van der Waals surface area contributed by atoms with Gasteiger partial charge in [0.2, 0.25) is 5.91 Å². The number of nitrogens with one attached hydrogen (secondary N) is 1.